The van der Waals surface area contributed by atoms with Crippen LogP contribution in [-0.4, -0.2) is 15.0 Å². The zero-order chi connectivity index (χ0) is 11.5. The van der Waals surface area contributed by atoms with Crippen LogP contribution in [0.25, 0.3) is 0 Å². The Morgan fingerprint density at radius 1 is 1.40 bits per heavy atom. The van der Waals surface area contributed by atoms with E-state index in [4.69, 9.17) is 10.9 Å². The average Bonchev–Trinajstić information content (AvgIpc) is 2.12. The maximum atomic E-state index is 13.2. The number of nitrogens with two attached hydrogens (primary N) is 2. The maximum absolute atomic E-state index is 13.2. The van der Waals surface area contributed by atoms with E-state index in [1.807, 2.05) is 0 Å². The molecule has 0 aliphatic carbocycles. The smallest absolute Gasteiger partial charge is 0.240 e. The van der Waals surface area contributed by atoms with Crippen molar-refractivity contribution < 1.29 is 12.8 Å². The molecule has 0 fully saturated rings. The van der Waals surface area contributed by atoms with Crippen LogP contribution in [0, 0.1) is 17.7 Å². The highest BCUT2D eigenvalue weighted by molar-refractivity contribution is 7.89. The van der Waals surface area contributed by atoms with E-state index in [0.29, 0.717) is 5.56 Å². The van der Waals surface area contributed by atoms with Crippen molar-refractivity contribution >= 4 is 10.0 Å². The topological polar surface area (TPSA) is 86.2 Å². The molecule has 0 bridgehead atoms. The quantitative estimate of drug-likeness (QED) is 0.652. The summed E-state index contributed by atoms with van der Waals surface area (Å²) in [5, 5.41) is 4.78. The summed E-state index contributed by atoms with van der Waals surface area (Å²) >= 11 is 0. The Morgan fingerprint density at radius 3 is 2.53 bits per heavy atom. The number of rotatable bonds is 1. The summed E-state index contributed by atoms with van der Waals surface area (Å²) in [5.41, 5.74) is 5.48. The summed E-state index contributed by atoms with van der Waals surface area (Å²) in [4.78, 5) is -0.541. The molecule has 80 valence electrons. The van der Waals surface area contributed by atoms with E-state index in [1.54, 1.807) is 0 Å². The van der Waals surface area contributed by atoms with Gasteiger partial charge in [0, 0.05) is 5.56 Å². The van der Waals surface area contributed by atoms with E-state index >= 15 is 0 Å². The highest BCUT2D eigenvalue weighted by atomic mass is 32.2. The van der Waals surface area contributed by atoms with E-state index in [-0.39, 0.29) is 6.54 Å². The highest BCUT2D eigenvalue weighted by Crippen LogP contribution is 2.13. The molecule has 0 unspecified atom stereocenters. The van der Waals surface area contributed by atoms with Gasteiger partial charge < -0.3 is 5.73 Å². The van der Waals surface area contributed by atoms with Crippen molar-refractivity contribution in [1.82, 2.24) is 0 Å². The largest absolute Gasteiger partial charge is 0.320 e. The fourth-order valence-electron chi connectivity index (χ4n) is 0.962. The van der Waals surface area contributed by atoms with Gasteiger partial charge in [-0.2, -0.15) is 0 Å². The normalized spacial score (nSPS) is 10.6. The second-order valence-electron chi connectivity index (χ2n) is 2.70. The van der Waals surface area contributed by atoms with Gasteiger partial charge in [0.15, 0.2) is 0 Å². The first-order valence-electron chi connectivity index (χ1n) is 3.96. The van der Waals surface area contributed by atoms with Crippen molar-refractivity contribution in [2.45, 2.75) is 4.90 Å². The Balaban J connectivity index is 3.21. The molecule has 0 spiro atoms. The lowest BCUT2D eigenvalue weighted by molar-refractivity contribution is 0.568. The van der Waals surface area contributed by atoms with E-state index in [0.717, 1.165) is 12.1 Å². The lowest BCUT2D eigenvalue weighted by Crippen LogP contribution is -2.14. The van der Waals surface area contributed by atoms with Gasteiger partial charge in [-0.05, 0) is 18.2 Å². The van der Waals surface area contributed by atoms with E-state index in [9.17, 15) is 12.8 Å². The zero-order valence-electron chi connectivity index (χ0n) is 7.70. The Kier molecular flexibility index (Phi) is 3.42. The lowest BCUT2D eigenvalue weighted by atomic mass is 10.2. The number of primary sulfonamides is 1. The first kappa shape index (κ1) is 11.7. The Bertz CT molecular complexity index is 529. The van der Waals surface area contributed by atoms with Crippen LogP contribution in [0.3, 0.4) is 0 Å². The molecule has 0 aliphatic rings. The molecule has 0 saturated carbocycles. The third-order valence-corrected chi connectivity index (χ3v) is 2.52. The van der Waals surface area contributed by atoms with Crippen LogP contribution in [0.15, 0.2) is 23.1 Å². The van der Waals surface area contributed by atoms with Crippen LogP contribution in [0.5, 0.6) is 0 Å². The van der Waals surface area contributed by atoms with Gasteiger partial charge in [-0.15, -0.1) is 0 Å². The molecule has 0 amide bonds. The summed E-state index contributed by atoms with van der Waals surface area (Å²) < 4.78 is 34.9. The summed E-state index contributed by atoms with van der Waals surface area (Å²) in [6.07, 6.45) is 0. The minimum Gasteiger partial charge on any atom is -0.320 e. The minimum atomic E-state index is -4.02. The van der Waals surface area contributed by atoms with Crippen molar-refractivity contribution in [2.24, 2.45) is 10.9 Å². The van der Waals surface area contributed by atoms with Crippen molar-refractivity contribution in [3.8, 4) is 11.8 Å². The van der Waals surface area contributed by atoms with Crippen LogP contribution in [0.4, 0.5) is 4.39 Å². The van der Waals surface area contributed by atoms with Crippen LogP contribution in [0.1, 0.15) is 5.56 Å². The predicted molar refractivity (Wildman–Crippen MR) is 53.7 cm³/mol. The van der Waals surface area contributed by atoms with Gasteiger partial charge in [0.1, 0.15) is 10.7 Å². The molecule has 0 heterocycles. The number of hydrogen-bond acceptors (Lipinski definition) is 3. The van der Waals surface area contributed by atoms with Gasteiger partial charge in [0.2, 0.25) is 10.0 Å². The number of sulfonamides is 1. The fraction of sp³-hybridized carbons (Fsp3) is 0.111. The minimum absolute atomic E-state index is 0.151. The summed E-state index contributed by atoms with van der Waals surface area (Å²) in [6.45, 7) is 0.151. The third-order valence-electron chi connectivity index (χ3n) is 1.57. The zero-order valence-corrected chi connectivity index (χ0v) is 8.51. The molecule has 1 aromatic rings. The first-order chi connectivity index (χ1) is 6.95. The van der Waals surface area contributed by atoms with E-state index < -0.39 is 20.7 Å². The second kappa shape index (κ2) is 4.40. The molecule has 6 heteroatoms. The lowest BCUT2D eigenvalue weighted by Gasteiger charge is -1.99. The molecule has 4 N–H and O–H groups in total. The van der Waals surface area contributed by atoms with Gasteiger partial charge in [-0.25, -0.2) is 17.9 Å². The number of benzene rings is 1. The van der Waals surface area contributed by atoms with Crippen molar-refractivity contribution in [2.75, 3.05) is 6.54 Å². The summed E-state index contributed by atoms with van der Waals surface area (Å²) in [6, 6.07) is 3.44. The predicted octanol–water partition coefficient (Wildman–Crippen LogP) is -0.217. The van der Waals surface area contributed by atoms with E-state index in [1.165, 1.54) is 6.07 Å². The average molecular weight is 228 g/mol. The number of hydrogen-bond donors (Lipinski definition) is 2. The monoisotopic (exact) mass is 228 g/mol. The molecule has 15 heavy (non-hydrogen) atoms. The third kappa shape index (κ3) is 3.02. The molecule has 0 aliphatic heterocycles. The van der Waals surface area contributed by atoms with Gasteiger partial charge in [-0.1, -0.05) is 11.8 Å². The SMILES string of the molecule is NCC#Cc1ccc(S(N)(=O)=O)c(F)c1. The van der Waals surface area contributed by atoms with Gasteiger partial charge >= 0.3 is 0 Å². The Morgan fingerprint density at radius 2 is 2.07 bits per heavy atom. The molecule has 4 nitrogen and oxygen atoms in total. The number of halogens is 1. The maximum Gasteiger partial charge on any atom is 0.240 e. The molecule has 0 radical (unpaired) electrons. The summed E-state index contributed by atoms with van der Waals surface area (Å²) in [7, 11) is -4.02. The molecule has 0 saturated heterocycles. The van der Waals surface area contributed by atoms with Crippen LogP contribution in [-0.2, 0) is 10.0 Å². The van der Waals surface area contributed by atoms with Gasteiger partial charge in [0.05, 0.1) is 6.54 Å². The van der Waals surface area contributed by atoms with Crippen LogP contribution >= 0.6 is 0 Å². The molecule has 1 rings (SSSR count). The fourth-order valence-corrected chi connectivity index (χ4v) is 1.55. The Hall–Kier alpha value is -1.42. The van der Waals surface area contributed by atoms with Gasteiger partial charge in [-0.3, -0.25) is 0 Å². The van der Waals surface area contributed by atoms with Crippen LogP contribution < -0.4 is 10.9 Å². The van der Waals surface area contributed by atoms with Crippen molar-refractivity contribution in [1.29, 1.82) is 0 Å². The second-order valence-corrected chi connectivity index (χ2v) is 4.23. The van der Waals surface area contributed by atoms with Crippen molar-refractivity contribution in [3.63, 3.8) is 0 Å². The first-order valence-corrected chi connectivity index (χ1v) is 5.51. The van der Waals surface area contributed by atoms with E-state index in [2.05, 4.69) is 11.8 Å². The molecule has 0 atom stereocenters. The highest BCUT2D eigenvalue weighted by Gasteiger charge is 2.13. The molecular formula is C9H9FN2O2S. The van der Waals surface area contributed by atoms with Gasteiger partial charge in [0.25, 0.3) is 0 Å². The summed E-state index contributed by atoms with van der Waals surface area (Å²) in [5.74, 6) is 4.18. The molecule has 0 aromatic heterocycles. The molecular weight excluding hydrogens is 219 g/mol. The molecule has 1 aromatic carbocycles. The Labute approximate surface area is 87.1 Å². The van der Waals surface area contributed by atoms with Crippen molar-refractivity contribution in [3.05, 3.63) is 29.6 Å². The standard InChI is InChI=1S/C9H9FN2O2S/c10-8-6-7(2-1-5-11)3-4-9(8)15(12,13)14/h3-4,6H,5,11H2,(H2,12,13,14). The van der Waals surface area contributed by atoms with Crippen LogP contribution in [0.2, 0.25) is 0 Å².